The summed E-state index contributed by atoms with van der Waals surface area (Å²) in [6.45, 7) is 0.922. The molecule has 3 N–H and O–H groups in total. The smallest absolute Gasteiger partial charge is 0.407 e. The van der Waals surface area contributed by atoms with Crippen molar-refractivity contribution in [3.05, 3.63) is 40.8 Å². The molecule has 0 unspecified atom stereocenters. The number of fused-ring (bicyclic) bond motifs is 1. The molecule has 0 aliphatic carbocycles. The Balaban J connectivity index is 1.97. The number of nitrogens with two attached hydrogens (primary N) is 1. The van der Waals surface area contributed by atoms with E-state index in [9.17, 15) is 9.59 Å². The molecule has 1 aliphatic heterocycles. The molecule has 0 saturated carbocycles. The molecule has 110 valence electrons. The molecule has 1 aliphatic rings. The van der Waals surface area contributed by atoms with Gasteiger partial charge in [-0.1, -0.05) is 6.07 Å². The first-order chi connectivity index (χ1) is 10.1. The van der Waals surface area contributed by atoms with Gasteiger partial charge in [0, 0.05) is 35.7 Å². The Labute approximate surface area is 121 Å². The molecule has 1 fully saturated rings. The van der Waals surface area contributed by atoms with Crippen molar-refractivity contribution in [3.8, 4) is 0 Å². The number of pyridine rings is 1. The lowest BCUT2D eigenvalue weighted by atomic mass is 10.1. The molecule has 6 nitrogen and oxygen atoms in total. The molecule has 2 aromatic rings. The minimum absolute atomic E-state index is 0.128. The van der Waals surface area contributed by atoms with E-state index in [0.29, 0.717) is 24.2 Å². The number of rotatable bonds is 2. The summed E-state index contributed by atoms with van der Waals surface area (Å²) in [6, 6.07) is 6.93. The number of carboxylic acid groups (broad SMARTS) is 1. The van der Waals surface area contributed by atoms with E-state index in [1.165, 1.54) is 4.90 Å². The van der Waals surface area contributed by atoms with E-state index in [4.69, 9.17) is 10.8 Å². The number of nitrogen functional groups attached to an aromatic ring is 1. The van der Waals surface area contributed by atoms with Crippen LogP contribution in [-0.2, 0) is 6.54 Å². The van der Waals surface area contributed by atoms with Crippen LogP contribution in [0, 0.1) is 0 Å². The van der Waals surface area contributed by atoms with E-state index >= 15 is 0 Å². The molecule has 1 saturated heterocycles. The Bertz CT molecular complexity index is 753. The number of carbonyl (C=O) groups is 1. The molecule has 0 spiro atoms. The van der Waals surface area contributed by atoms with Crippen LogP contribution in [0.1, 0.15) is 12.8 Å². The predicted octanol–water partition coefficient (Wildman–Crippen LogP) is 1.73. The van der Waals surface area contributed by atoms with Gasteiger partial charge in [-0.15, -0.1) is 0 Å². The average Bonchev–Trinajstić information content (AvgIpc) is 2.91. The summed E-state index contributed by atoms with van der Waals surface area (Å²) < 4.78 is 1.58. The summed E-state index contributed by atoms with van der Waals surface area (Å²) in [5.74, 6) is 0. The fourth-order valence-electron chi connectivity index (χ4n) is 2.99. The number of benzene rings is 1. The summed E-state index contributed by atoms with van der Waals surface area (Å²) in [5, 5.41) is 10.5. The maximum Gasteiger partial charge on any atom is 0.407 e. The Hall–Kier alpha value is -2.50. The van der Waals surface area contributed by atoms with Gasteiger partial charge in [0.05, 0.1) is 6.04 Å². The number of anilines is 1. The van der Waals surface area contributed by atoms with Crippen LogP contribution < -0.4 is 11.3 Å². The number of amides is 1. The maximum atomic E-state index is 12.5. The number of likely N-dealkylation sites (tertiary alicyclic amines) is 1. The number of nitrogens with zero attached hydrogens (tertiary/aromatic N) is 2. The average molecular weight is 287 g/mol. The van der Waals surface area contributed by atoms with Crippen LogP contribution in [0.15, 0.2) is 35.3 Å². The summed E-state index contributed by atoms with van der Waals surface area (Å²) in [5.41, 5.74) is 6.31. The predicted molar refractivity (Wildman–Crippen MR) is 80.4 cm³/mol. The first-order valence-electron chi connectivity index (χ1n) is 6.95. The van der Waals surface area contributed by atoms with Crippen LogP contribution in [0.4, 0.5) is 10.5 Å². The standard InChI is InChI=1S/C15H17N3O3/c16-13-5-1-4-12-11(13)6-8-17(14(12)19)9-10-3-2-7-18(10)15(20)21/h1,4-6,8,10H,2-3,7,9,16H2,(H,20,21)/t10-/m0/s1. The second kappa shape index (κ2) is 5.12. The third kappa shape index (κ3) is 2.33. The van der Waals surface area contributed by atoms with Crippen molar-refractivity contribution < 1.29 is 9.90 Å². The third-order valence-corrected chi connectivity index (χ3v) is 4.08. The normalized spacial score (nSPS) is 18.3. The van der Waals surface area contributed by atoms with Gasteiger partial charge < -0.3 is 20.3 Å². The molecule has 1 aromatic heterocycles. The van der Waals surface area contributed by atoms with Gasteiger partial charge in [0.1, 0.15) is 0 Å². The van der Waals surface area contributed by atoms with Crippen LogP contribution in [0.2, 0.25) is 0 Å². The Morgan fingerprint density at radius 1 is 1.33 bits per heavy atom. The van der Waals surface area contributed by atoms with Gasteiger partial charge in [0.2, 0.25) is 0 Å². The SMILES string of the molecule is Nc1cccc2c(=O)n(C[C@@H]3CCCN3C(=O)O)ccc12. The first kappa shape index (κ1) is 13.5. The molecule has 1 atom stereocenters. The third-order valence-electron chi connectivity index (χ3n) is 4.08. The molecule has 2 heterocycles. The molecule has 0 radical (unpaired) electrons. The number of hydrogen-bond acceptors (Lipinski definition) is 3. The van der Waals surface area contributed by atoms with Crippen molar-refractivity contribution >= 4 is 22.6 Å². The highest BCUT2D eigenvalue weighted by Crippen LogP contribution is 2.20. The van der Waals surface area contributed by atoms with Crippen molar-refractivity contribution in [2.75, 3.05) is 12.3 Å². The zero-order valence-corrected chi connectivity index (χ0v) is 11.5. The highest BCUT2D eigenvalue weighted by Gasteiger charge is 2.28. The van der Waals surface area contributed by atoms with E-state index in [1.54, 1.807) is 29.0 Å². The highest BCUT2D eigenvalue weighted by atomic mass is 16.4. The van der Waals surface area contributed by atoms with Crippen LogP contribution in [0.3, 0.4) is 0 Å². The van der Waals surface area contributed by atoms with Crippen molar-refractivity contribution in [2.24, 2.45) is 0 Å². The van der Waals surface area contributed by atoms with E-state index in [1.807, 2.05) is 6.07 Å². The molecule has 1 amide bonds. The summed E-state index contributed by atoms with van der Waals surface area (Å²) in [6.07, 6.45) is 2.40. The van der Waals surface area contributed by atoms with Crippen molar-refractivity contribution in [1.29, 1.82) is 0 Å². The van der Waals surface area contributed by atoms with Gasteiger partial charge in [-0.25, -0.2) is 4.79 Å². The molecule has 3 rings (SSSR count). The molecule has 6 heteroatoms. The highest BCUT2D eigenvalue weighted by molar-refractivity contribution is 5.91. The summed E-state index contributed by atoms with van der Waals surface area (Å²) >= 11 is 0. The first-order valence-corrected chi connectivity index (χ1v) is 6.95. The summed E-state index contributed by atoms with van der Waals surface area (Å²) in [7, 11) is 0. The molecule has 0 bridgehead atoms. The van der Waals surface area contributed by atoms with Gasteiger partial charge in [-0.05, 0) is 31.0 Å². The van der Waals surface area contributed by atoms with Gasteiger partial charge in [0.25, 0.3) is 5.56 Å². The van der Waals surface area contributed by atoms with E-state index in [0.717, 1.165) is 18.2 Å². The van der Waals surface area contributed by atoms with Crippen LogP contribution in [0.25, 0.3) is 10.8 Å². The minimum Gasteiger partial charge on any atom is -0.465 e. The summed E-state index contributed by atoms with van der Waals surface area (Å²) in [4.78, 5) is 25.1. The van der Waals surface area contributed by atoms with Crippen molar-refractivity contribution in [1.82, 2.24) is 9.47 Å². The number of hydrogen-bond donors (Lipinski definition) is 2. The zero-order valence-electron chi connectivity index (χ0n) is 11.5. The molecule has 21 heavy (non-hydrogen) atoms. The fourth-order valence-corrected chi connectivity index (χ4v) is 2.99. The number of aromatic nitrogens is 1. The van der Waals surface area contributed by atoms with Crippen molar-refractivity contribution in [2.45, 2.75) is 25.4 Å². The topological polar surface area (TPSA) is 88.6 Å². The lowest BCUT2D eigenvalue weighted by molar-refractivity contribution is 0.136. The van der Waals surface area contributed by atoms with Crippen LogP contribution in [-0.4, -0.2) is 33.3 Å². The Morgan fingerprint density at radius 2 is 2.14 bits per heavy atom. The van der Waals surface area contributed by atoms with E-state index in [2.05, 4.69) is 0 Å². The quantitative estimate of drug-likeness (QED) is 0.823. The largest absolute Gasteiger partial charge is 0.465 e. The van der Waals surface area contributed by atoms with Crippen molar-refractivity contribution in [3.63, 3.8) is 0 Å². The maximum absolute atomic E-state index is 12.5. The minimum atomic E-state index is -0.921. The second-order valence-corrected chi connectivity index (χ2v) is 5.35. The Kier molecular flexibility index (Phi) is 3.29. The zero-order chi connectivity index (χ0) is 15.0. The van der Waals surface area contributed by atoms with E-state index < -0.39 is 6.09 Å². The van der Waals surface area contributed by atoms with Gasteiger partial charge >= 0.3 is 6.09 Å². The van der Waals surface area contributed by atoms with Gasteiger partial charge in [-0.3, -0.25) is 4.79 Å². The molecular weight excluding hydrogens is 270 g/mol. The fraction of sp³-hybridized carbons (Fsp3) is 0.333. The Morgan fingerprint density at radius 3 is 2.90 bits per heavy atom. The monoisotopic (exact) mass is 287 g/mol. The molecular formula is C15H17N3O3. The van der Waals surface area contributed by atoms with Gasteiger partial charge in [0.15, 0.2) is 0 Å². The van der Waals surface area contributed by atoms with Crippen LogP contribution >= 0.6 is 0 Å². The van der Waals surface area contributed by atoms with Crippen LogP contribution in [0.5, 0.6) is 0 Å². The lowest BCUT2D eigenvalue weighted by Crippen LogP contribution is -2.39. The van der Waals surface area contributed by atoms with E-state index in [-0.39, 0.29) is 11.6 Å². The lowest BCUT2D eigenvalue weighted by Gasteiger charge is -2.22. The van der Waals surface area contributed by atoms with Gasteiger partial charge in [-0.2, -0.15) is 0 Å². The second-order valence-electron chi connectivity index (χ2n) is 5.35. The molecule has 1 aromatic carbocycles.